The number of methoxy groups -OCH3 is 1. The number of nitrogens with zero attached hydrogens (tertiary/aromatic N) is 1. The minimum Gasteiger partial charge on any atom is -0.468 e. The Balaban J connectivity index is 2.83. The van der Waals surface area contributed by atoms with Crippen LogP contribution >= 0.6 is 0 Å². The molecule has 106 valence electrons. The van der Waals surface area contributed by atoms with Gasteiger partial charge in [0.2, 0.25) is 10.0 Å². The molecule has 6 nitrogen and oxygen atoms in total. The number of ether oxygens (including phenoxy) is 1. The minimum atomic E-state index is -3.55. The molecule has 1 aromatic carbocycles. The molecule has 0 aromatic heterocycles. The van der Waals surface area contributed by atoms with Crippen molar-refractivity contribution in [3.8, 4) is 0 Å². The van der Waals surface area contributed by atoms with E-state index in [2.05, 4.69) is 4.74 Å². The first-order valence-electron chi connectivity index (χ1n) is 5.78. The third-order valence-electron chi connectivity index (χ3n) is 2.61. The van der Waals surface area contributed by atoms with E-state index < -0.39 is 16.0 Å². The van der Waals surface area contributed by atoms with E-state index in [0.29, 0.717) is 11.3 Å². The lowest BCUT2D eigenvalue weighted by atomic mass is 10.2. The molecule has 19 heavy (non-hydrogen) atoms. The Morgan fingerprint density at radius 2 is 1.89 bits per heavy atom. The molecule has 0 heterocycles. The number of benzene rings is 1. The van der Waals surface area contributed by atoms with Gasteiger partial charge in [-0.2, -0.15) is 4.31 Å². The SMILES string of the molecule is CCN(CC(=O)OC)S(=O)(=O)Cc1ccc(N)cc1. The highest BCUT2D eigenvalue weighted by molar-refractivity contribution is 7.88. The fraction of sp³-hybridized carbons (Fsp3) is 0.417. The first-order chi connectivity index (χ1) is 8.89. The Bertz CT molecular complexity index is 525. The number of anilines is 1. The molecular weight excluding hydrogens is 268 g/mol. The fourth-order valence-corrected chi connectivity index (χ4v) is 3.02. The minimum absolute atomic E-state index is 0.169. The summed E-state index contributed by atoms with van der Waals surface area (Å²) in [5, 5.41) is 0. The molecule has 1 aromatic rings. The maximum atomic E-state index is 12.2. The van der Waals surface area contributed by atoms with E-state index in [9.17, 15) is 13.2 Å². The highest BCUT2D eigenvalue weighted by Gasteiger charge is 2.23. The monoisotopic (exact) mass is 286 g/mol. The summed E-state index contributed by atoms with van der Waals surface area (Å²) in [7, 11) is -2.33. The third kappa shape index (κ3) is 4.53. The first-order valence-corrected chi connectivity index (χ1v) is 7.39. The molecular formula is C12H18N2O4S. The summed E-state index contributed by atoms with van der Waals surface area (Å²) in [6, 6.07) is 6.58. The summed E-state index contributed by atoms with van der Waals surface area (Å²) in [6.45, 7) is 1.61. The molecule has 0 saturated heterocycles. The second-order valence-corrected chi connectivity index (χ2v) is 5.97. The van der Waals surface area contributed by atoms with Gasteiger partial charge in [-0.1, -0.05) is 19.1 Å². The maximum Gasteiger partial charge on any atom is 0.321 e. The Morgan fingerprint density at radius 1 is 1.32 bits per heavy atom. The van der Waals surface area contributed by atoms with Gasteiger partial charge in [0, 0.05) is 12.2 Å². The van der Waals surface area contributed by atoms with Crippen molar-refractivity contribution in [3.05, 3.63) is 29.8 Å². The topological polar surface area (TPSA) is 89.7 Å². The molecule has 0 fully saturated rings. The molecule has 0 saturated carbocycles. The molecule has 0 atom stereocenters. The Morgan fingerprint density at radius 3 is 2.37 bits per heavy atom. The first kappa shape index (κ1) is 15.5. The number of hydrogen-bond acceptors (Lipinski definition) is 5. The number of carbonyl (C=O) groups excluding carboxylic acids is 1. The van der Waals surface area contributed by atoms with Crippen LogP contribution in [-0.2, 0) is 25.3 Å². The van der Waals surface area contributed by atoms with Crippen LogP contribution in [0, 0.1) is 0 Å². The van der Waals surface area contributed by atoms with Crippen LogP contribution in [0.25, 0.3) is 0 Å². The molecule has 0 amide bonds. The van der Waals surface area contributed by atoms with Crippen LogP contribution in [0.2, 0.25) is 0 Å². The van der Waals surface area contributed by atoms with Crippen LogP contribution < -0.4 is 5.73 Å². The van der Waals surface area contributed by atoms with Gasteiger partial charge < -0.3 is 10.5 Å². The van der Waals surface area contributed by atoms with Gasteiger partial charge in [-0.3, -0.25) is 4.79 Å². The predicted octanol–water partition coefficient (Wildman–Crippen LogP) is 0.594. The smallest absolute Gasteiger partial charge is 0.321 e. The van der Waals surface area contributed by atoms with Crippen molar-refractivity contribution in [1.82, 2.24) is 4.31 Å². The standard InChI is InChI=1S/C12H18N2O4S/c1-3-14(8-12(15)18-2)19(16,17)9-10-4-6-11(13)7-5-10/h4-7H,3,8-9,13H2,1-2H3. The number of sulfonamides is 1. The number of hydrogen-bond donors (Lipinski definition) is 1. The summed E-state index contributed by atoms with van der Waals surface area (Å²) in [5.41, 5.74) is 6.73. The van der Waals surface area contributed by atoms with Crippen LogP contribution in [0.3, 0.4) is 0 Å². The van der Waals surface area contributed by atoms with Crippen LogP contribution in [0.15, 0.2) is 24.3 Å². The maximum absolute atomic E-state index is 12.2. The summed E-state index contributed by atoms with van der Waals surface area (Å²) < 4.78 is 29.9. The fourth-order valence-electron chi connectivity index (χ4n) is 1.53. The zero-order chi connectivity index (χ0) is 14.5. The second kappa shape index (κ2) is 6.53. The van der Waals surface area contributed by atoms with Gasteiger partial charge in [0.15, 0.2) is 0 Å². The molecule has 0 bridgehead atoms. The van der Waals surface area contributed by atoms with Crippen molar-refractivity contribution in [2.45, 2.75) is 12.7 Å². The van der Waals surface area contributed by atoms with Crippen molar-refractivity contribution in [2.75, 3.05) is 25.9 Å². The Labute approximate surface area is 113 Å². The van der Waals surface area contributed by atoms with Gasteiger partial charge in [0.25, 0.3) is 0 Å². The van der Waals surface area contributed by atoms with Crippen LogP contribution in [0.5, 0.6) is 0 Å². The average molecular weight is 286 g/mol. The van der Waals surface area contributed by atoms with Crippen molar-refractivity contribution in [1.29, 1.82) is 0 Å². The largest absolute Gasteiger partial charge is 0.468 e. The van der Waals surface area contributed by atoms with Gasteiger partial charge in [-0.05, 0) is 17.7 Å². The van der Waals surface area contributed by atoms with Gasteiger partial charge >= 0.3 is 5.97 Å². The lowest BCUT2D eigenvalue weighted by Crippen LogP contribution is -2.36. The van der Waals surface area contributed by atoms with E-state index in [1.165, 1.54) is 7.11 Å². The molecule has 1 rings (SSSR count). The summed E-state index contributed by atoms with van der Waals surface area (Å²) >= 11 is 0. The van der Waals surface area contributed by atoms with Gasteiger partial charge in [-0.25, -0.2) is 8.42 Å². The van der Waals surface area contributed by atoms with Crippen molar-refractivity contribution < 1.29 is 17.9 Å². The Hall–Kier alpha value is -1.60. The van der Waals surface area contributed by atoms with Gasteiger partial charge in [0.1, 0.15) is 6.54 Å². The van der Waals surface area contributed by atoms with Crippen LogP contribution in [0.4, 0.5) is 5.69 Å². The molecule has 0 unspecified atom stereocenters. The number of nitrogen functional groups attached to an aromatic ring is 1. The highest BCUT2D eigenvalue weighted by Crippen LogP contribution is 2.12. The number of rotatable bonds is 6. The number of carbonyl (C=O) groups is 1. The highest BCUT2D eigenvalue weighted by atomic mass is 32.2. The van der Waals surface area contributed by atoms with Crippen LogP contribution in [-0.4, -0.2) is 38.9 Å². The summed E-state index contributed by atoms with van der Waals surface area (Å²) in [5.74, 6) is -0.749. The van der Waals surface area contributed by atoms with E-state index in [1.807, 2.05) is 0 Å². The molecule has 7 heteroatoms. The average Bonchev–Trinajstić information content (AvgIpc) is 2.37. The van der Waals surface area contributed by atoms with E-state index in [0.717, 1.165) is 4.31 Å². The molecule has 0 aliphatic rings. The van der Waals surface area contributed by atoms with Gasteiger partial charge in [-0.15, -0.1) is 0 Å². The Kier molecular flexibility index (Phi) is 5.31. The van der Waals surface area contributed by atoms with E-state index in [-0.39, 0.29) is 18.8 Å². The molecule has 0 aliphatic heterocycles. The molecule has 0 aliphatic carbocycles. The number of nitrogens with two attached hydrogens (primary N) is 1. The third-order valence-corrected chi connectivity index (χ3v) is 4.48. The molecule has 0 spiro atoms. The molecule has 2 N–H and O–H groups in total. The second-order valence-electron chi connectivity index (χ2n) is 4.00. The van der Waals surface area contributed by atoms with Crippen molar-refractivity contribution in [3.63, 3.8) is 0 Å². The van der Waals surface area contributed by atoms with Crippen LogP contribution in [0.1, 0.15) is 12.5 Å². The van der Waals surface area contributed by atoms with Crippen molar-refractivity contribution in [2.24, 2.45) is 0 Å². The predicted molar refractivity (Wildman–Crippen MR) is 72.7 cm³/mol. The van der Waals surface area contributed by atoms with E-state index in [4.69, 9.17) is 5.73 Å². The molecule has 0 radical (unpaired) electrons. The quantitative estimate of drug-likeness (QED) is 0.610. The number of esters is 1. The lowest BCUT2D eigenvalue weighted by Gasteiger charge is -2.19. The van der Waals surface area contributed by atoms with Gasteiger partial charge in [0.05, 0.1) is 12.9 Å². The zero-order valence-electron chi connectivity index (χ0n) is 11.0. The van der Waals surface area contributed by atoms with E-state index in [1.54, 1.807) is 31.2 Å². The normalized spacial score (nSPS) is 11.5. The van der Waals surface area contributed by atoms with E-state index >= 15 is 0 Å². The summed E-state index contributed by atoms with van der Waals surface area (Å²) in [6.07, 6.45) is 0. The lowest BCUT2D eigenvalue weighted by molar-refractivity contribution is -0.140. The zero-order valence-corrected chi connectivity index (χ0v) is 11.8. The van der Waals surface area contributed by atoms with Crippen molar-refractivity contribution >= 4 is 21.7 Å². The number of likely N-dealkylation sites (N-methyl/N-ethyl adjacent to an activating group) is 1. The summed E-state index contributed by atoms with van der Waals surface area (Å²) in [4.78, 5) is 11.2.